The molecule has 7 heavy (non-hydrogen) atoms. The van der Waals surface area contributed by atoms with Gasteiger partial charge in [0.25, 0.3) is 0 Å². The fourth-order valence-electron chi connectivity index (χ4n) is 0.243. The van der Waals surface area contributed by atoms with Crippen LogP contribution in [0.1, 0.15) is 13.3 Å². The van der Waals surface area contributed by atoms with Gasteiger partial charge in [-0.25, -0.2) is 4.39 Å². The van der Waals surface area contributed by atoms with Crippen molar-refractivity contribution >= 4 is 6.29 Å². The molecule has 0 atom stereocenters. The zero-order valence-electron chi connectivity index (χ0n) is 4.15. The Morgan fingerprint density at radius 2 is 2.43 bits per heavy atom. The zero-order valence-corrected chi connectivity index (χ0v) is 4.15. The smallest absolute Gasteiger partial charge is 0.178 e. The number of hydrogen-bond donors (Lipinski definition) is 0. The molecule has 0 rings (SSSR count). The van der Waals surface area contributed by atoms with E-state index in [1.54, 1.807) is 6.92 Å². The molecule has 0 fully saturated rings. The summed E-state index contributed by atoms with van der Waals surface area (Å²) >= 11 is 0. The highest BCUT2D eigenvalue weighted by molar-refractivity contribution is 5.69. The van der Waals surface area contributed by atoms with Crippen molar-refractivity contribution in [2.24, 2.45) is 0 Å². The first-order valence-electron chi connectivity index (χ1n) is 2.12. The van der Waals surface area contributed by atoms with Crippen molar-refractivity contribution < 1.29 is 9.18 Å². The zero-order chi connectivity index (χ0) is 5.70. The van der Waals surface area contributed by atoms with E-state index in [2.05, 4.69) is 0 Å². The van der Waals surface area contributed by atoms with Gasteiger partial charge in [0.15, 0.2) is 12.1 Å². The molecule has 0 spiro atoms. The number of carbonyl (C=O) groups excluding carboxylic acids is 1. The number of hydrogen-bond acceptors (Lipinski definition) is 1. The molecule has 0 bridgehead atoms. The third-order valence-electron chi connectivity index (χ3n) is 0.512. The van der Waals surface area contributed by atoms with Gasteiger partial charge in [0.1, 0.15) is 0 Å². The summed E-state index contributed by atoms with van der Waals surface area (Å²) in [7, 11) is 0. The monoisotopic (exact) mass is 102 g/mol. The maximum Gasteiger partial charge on any atom is 0.178 e. The molecular formula is C5H7FO. The minimum Gasteiger partial charge on any atom is -0.295 e. The van der Waals surface area contributed by atoms with Crippen LogP contribution < -0.4 is 0 Å². The maximum absolute atomic E-state index is 11.6. The van der Waals surface area contributed by atoms with Crippen LogP contribution in [0.15, 0.2) is 11.9 Å². The van der Waals surface area contributed by atoms with E-state index in [1.165, 1.54) is 6.08 Å². The second kappa shape index (κ2) is 3.53. The van der Waals surface area contributed by atoms with Crippen LogP contribution in [0.2, 0.25) is 0 Å². The number of allylic oxidation sites excluding steroid dienone is 2. The molecule has 40 valence electrons. The summed E-state index contributed by atoms with van der Waals surface area (Å²) in [5.41, 5.74) is 0. The molecule has 0 amide bonds. The Bertz CT molecular complexity index is 86.1. The quantitative estimate of drug-likeness (QED) is 0.381. The molecule has 0 heterocycles. The highest BCUT2D eigenvalue weighted by Gasteiger charge is 1.82. The van der Waals surface area contributed by atoms with Crippen LogP contribution in [0.4, 0.5) is 4.39 Å². The number of halogens is 1. The highest BCUT2D eigenvalue weighted by Crippen LogP contribution is 1.90. The molecule has 0 aromatic carbocycles. The van der Waals surface area contributed by atoms with Crippen molar-refractivity contribution in [1.29, 1.82) is 0 Å². The van der Waals surface area contributed by atoms with E-state index in [0.29, 0.717) is 6.42 Å². The van der Waals surface area contributed by atoms with Crippen LogP contribution in [-0.4, -0.2) is 6.29 Å². The normalized spacial score (nSPS) is 11.4. The molecule has 0 radical (unpaired) electrons. The summed E-state index contributed by atoms with van der Waals surface area (Å²) in [4.78, 5) is 9.45. The van der Waals surface area contributed by atoms with E-state index in [-0.39, 0.29) is 6.29 Å². The van der Waals surface area contributed by atoms with Gasteiger partial charge < -0.3 is 0 Å². The van der Waals surface area contributed by atoms with Gasteiger partial charge in [0, 0.05) is 0 Å². The van der Waals surface area contributed by atoms with Crippen LogP contribution in [-0.2, 0) is 4.79 Å². The van der Waals surface area contributed by atoms with Crippen LogP contribution in [0, 0.1) is 0 Å². The highest BCUT2D eigenvalue weighted by atomic mass is 19.1. The van der Waals surface area contributed by atoms with Gasteiger partial charge in [-0.1, -0.05) is 6.92 Å². The molecule has 0 unspecified atom stereocenters. The molecule has 1 nitrogen and oxygen atoms in total. The van der Waals surface area contributed by atoms with Gasteiger partial charge in [-0.3, -0.25) is 4.79 Å². The summed E-state index contributed by atoms with van der Waals surface area (Å²) in [6, 6.07) is 0. The third-order valence-corrected chi connectivity index (χ3v) is 0.512. The van der Waals surface area contributed by atoms with Gasteiger partial charge in [0.2, 0.25) is 0 Å². The van der Waals surface area contributed by atoms with E-state index in [9.17, 15) is 9.18 Å². The molecule has 0 saturated carbocycles. The lowest BCUT2D eigenvalue weighted by Gasteiger charge is -1.74. The number of aldehydes is 1. The van der Waals surface area contributed by atoms with E-state index >= 15 is 0 Å². The minimum atomic E-state index is -0.678. The van der Waals surface area contributed by atoms with Crippen molar-refractivity contribution in [2.45, 2.75) is 13.3 Å². The van der Waals surface area contributed by atoms with Gasteiger partial charge >= 0.3 is 0 Å². The van der Waals surface area contributed by atoms with Crippen LogP contribution in [0.5, 0.6) is 0 Å². The fraction of sp³-hybridized carbons (Fsp3) is 0.400. The van der Waals surface area contributed by atoms with Crippen LogP contribution in [0.25, 0.3) is 0 Å². The molecule has 0 N–H and O–H groups in total. The van der Waals surface area contributed by atoms with Gasteiger partial charge in [-0.15, -0.1) is 0 Å². The van der Waals surface area contributed by atoms with Crippen LogP contribution in [0.3, 0.4) is 0 Å². The summed E-state index contributed by atoms with van der Waals surface area (Å²) < 4.78 is 11.6. The molecular weight excluding hydrogens is 95.1 g/mol. The predicted molar refractivity (Wildman–Crippen MR) is 25.5 cm³/mol. The Morgan fingerprint density at radius 3 is 2.57 bits per heavy atom. The average Bonchev–Trinajstić information content (AvgIpc) is 1.68. The first-order chi connectivity index (χ1) is 3.31. The predicted octanol–water partition coefficient (Wildman–Crippen LogP) is 1.45. The Morgan fingerprint density at radius 1 is 1.86 bits per heavy atom. The van der Waals surface area contributed by atoms with Gasteiger partial charge in [-0.2, -0.15) is 0 Å². The Hall–Kier alpha value is -0.660. The second-order valence-corrected chi connectivity index (χ2v) is 1.12. The van der Waals surface area contributed by atoms with Crippen molar-refractivity contribution in [3.63, 3.8) is 0 Å². The number of carbonyl (C=O) groups is 1. The average molecular weight is 102 g/mol. The lowest BCUT2D eigenvalue weighted by Crippen LogP contribution is -1.69. The lowest BCUT2D eigenvalue weighted by molar-refractivity contribution is -0.106. The minimum absolute atomic E-state index is 0.198. The largest absolute Gasteiger partial charge is 0.295 e. The Labute approximate surface area is 41.8 Å². The fourth-order valence-corrected chi connectivity index (χ4v) is 0.243. The van der Waals surface area contributed by atoms with E-state index < -0.39 is 5.83 Å². The molecule has 0 aliphatic rings. The van der Waals surface area contributed by atoms with Crippen molar-refractivity contribution in [2.75, 3.05) is 0 Å². The van der Waals surface area contributed by atoms with Crippen molar-refractivity contribution in [3.8, 4) is 0 Å². The van der Waals surface area contributed by atoms with E-state index in [1.807, 2.05) is 0 Å². The molecule has 0 aliphatic heterocycles. The SMILES string of the molecule is CC/C=C(/F)C=O. The van der Waals surface area contributed by atoms with E-state index in [4.69, 9.17) is 0 Å². The first-order valence-corrected chi connectivity index (χ1v) is 2.12. The molecule has 0 aromatic rings. The van der Waals surface area contributed by atoms with Crippen LogP contribution >= 0.6 is 0 Å². The summed E-state index contributed by atoms with van der Waals surface area (Å²) in [6.07, 6.45) is 2.00. The van der Waals surface area contributed by atoms with Gasteiger partial charge in [0.05, 0.1) is 0 Å². The standard InChI is InChI=1S/C5H7FO/c1-2-3-5(6)4-7/h3-4H,2H2,1H3/b5-3+. The first kappa shape index (κ1) is 6.34. The summed E-state index contributed by atoms with van der Waals surface area (Å²) in [5.74, 6) is -0.678. The van der Waals surface area contributed by atoms with Crippen molar-refractivity contribution in [1.82, 2.24) is 0 Å². The van der Waals surface area contributed by atoms with Crippen molar-refractivity contribution in [3.05, 3.63) is 11.9 Å². The summed E-state index contributed by atoms with van der Waals surface area (Å²) in [5, 5.41) is 0. The molecule has 2 heteroatoms. The Kier molecular flexibility index (Phi) is 3.19. The second-order valence-electron chi connectivity index (χ2n) is 1.12. The van der Waals surface area contributed by atoms with E-state index in [0.717, 1.165) is 0 Å². The lowest BCUT2D eigenvalue weighted by atomic mass is 10.4. The van der Waals surface area contributed by atoms with Gasteiger partial charge in [-0.05, 0) is 12.5 Å². The molecule has 0 saturated heterocycles. The molecule has 0 aromatic heterocycles. The summed E-state index contributed by atoms with van der Waals surface area (Å²) in [6.45, 7) is 1.77. The Balaban J connectivity index is 3.49. The number of rotatable bonds is 2. The topological polar surface area (TPSA) is 17.1 Å². The third kappa shape index (κ3) is 3.16. The molecule has 0 aliphatic carbocycles. The maximum atomic E-state index is 11.6.